The van der Waals surface area contributed by atoms with Gasteiger partial charge in [0.1, 0.15) is 13.2 Å². The molecule has 0 heterocycles. The normalized spacial score (nSPS) is 12.0. The van der Waals surface area contributed by atoms with Gasteiger partial charge < -0.3 is 14.2 Å². The number of rotatable bonds is 54. The third-order valence-electron chi connectivity index (χ3n) is 13.7. The molecule has 0 aromatic rings. The van der Waals surface area contributed by atoms with Gasteiger partial charge in [-0.3, -0.25) is 14.4 Å². The van der Waals surface area contributed by atoms with Crippen molar-refractivity contribution in [2.24, 2.45) is 11.8 Å². The second-order valence-corrected chi connectivity index (χ2v) is 21.6. The van der Waals surface area contributed by atoms with E-state index in [-0.39, 0.29) is 31.1 Å². The molecule has 0 aliphatic carbocycles. The molecule has 0 aromatic heterocycles. The van der Waals surface area contributed by atoms with Crippen molar-refractivity contribution < 1.29 is 28.6 Å². The quantitative estimate of drug-likeness (QED) is 0.0343. The van der Waals surface area contributed by atoms with Gasteiger partial charge in [-0.15, -0.1) is 0 Å². The monoisotopic (exact) mass is 933 g/mol. The van der Waals surface area contributed by atoms with Crippen LogP contribution < -0.4 is 0 Å². The van der Waals surface area contributed by atoms with Crippen molar-refractivity contribution in [2.75, 3.05) is 13.2 Å². The maximum atomic E-state index is 12.8. The number of carbonyl (C=O) groups is 3. The van der Waals surface area contributed by atoms with Crippen LogP contribution in [0.5, 0.6) is 0 Å². The minimum atomic E-state index is -0.763. The molecule has 392 valence electrons. The molecule has 6 nitrogen and oxygen atoms in total. The molecule has 0 fully saturated rings. The van der Waals surface area contributed by atoms with E-state index in [1.54, 1.807) is 0 Å². The Morgan fingerprint density at radius 3 is 0.742 bits per heavy atom. The van der Waals surface area contributed by atoms with E-state index in [4.69, 9.17) is 14.2 Å². The molecule has 0 spiro atoms. The molecule has 0 aliphatic heterocycles. The topological polar surface area (TPSA) is 78.9 Å². The van der Waals surface area contributed by atoms with Gasteiger partial charge in [0, 0.05) is 19.3 Å². The van der Waals surface area contributed by atoms with Crippen molar-refractivity contribution in [1.82, 2.24) is 0 Å². The number of esters is 3. The average Bonchev–Trinajstić information content (AvgIpc) is 3.29. The van der Waals surface area contributed by atoms with Crippen LogP contribution >= 0.6 is 0 Å². The Labute approximate surface area is 412 Å². The molecular weight excluding hydrogens is 817 g/mol. The van der Waals surface area contributed by atoms with Crippen LogP contribution in [0.25, 0.3) is 0 Å². The zero-order valence-electron chi connectivity index (χ0n) is 45.3. The third kappa shape index (κ3) is 53.4. The summed E-state index contributed by atoms with van der Waals surface area (Å²) in [6.45, 7) is 11.4. The van der Waals surface area contributed by atoms with E-state index in [0.717, 1.165) is 69.6 Å². The molecule has 66 heavy (non-hydrogen) atoms. The fourth-order valence-electron chi connectivity index (χ4n) is 9.23. The van der Waals surface area contributed by atoms with E-state index in [9.17, 15) is 14.4 Å². The number of hydrogen-bond donors (Lipinski definition) is 0. The Kier molecular flexibility index (Phi) is 51.5. The maximum absolute atomic E-state index is 12.8. The fraction of sp³-hybridized carbons (Fsp3) is 0.950. The van der Waals surface area contributed by atoms with Gasteiger partial charge in [0.2, 0.25) is 0 Å². The lowest BCUT2D eigenvalue weighted by Crippen LogP contribution is -2.30. The van der Waals surface area contributed by atoms with Gasteiger partial charge in [0.05, 0.1) is 0 Å². The van der Waals surface area contributed by atoms with Crippen molar-refractivity contribution in [3.05, 3.63) is 0 Å². The second-order valence-electron chi connectivity index (χ2n) is 21.6. The highest BCUT2D eigenvalue weighted by atomic mass is 16.6. The van der Waals surface area contributed by atoms with Crippen LogP contribution in [0.4, 0.5) is 0 Å². The summed E-state index contributed by atoms with van der Waals surface area (Å²) < 4.78 is 16.9. The first-order chi connectivity index (χ1) is 32.2. The first-order valence-corrected chi connectivity index (χ1v) is 29.7. The van der Waals surface area contributed by atoms with Crippen LogP contribution in [0.1, 0.15) is 336 Å². The van der Waals surface area contributed by atoms with Gasteiger partial charge in [-0.05, 0) is 31.1 Å². The van der Waals surface area contributed by atoms with E-state index >= 15 is 0 Å². The summed E-state index contributed by atoms with van der Waals surface area (Å²) in [5.41, 5.74) is 0. The lowest BCUT2D eigenvalue weighted by molar-refractivity contribution is -0.167. The molecule has 1 atom stereocenters. The van der Waals surface area contributed by atoms with Crippen molar-refractivity contribution in [1.29, 1.82) is 0 Å². The molecule has 0 radical (unpaired) electrons. The summed E-state index contributed by atoms with van der Waals surface area (Å²) in [5.74, 6) is 0.816. The molecule has 0 rings (SSSR count). The van der Waals surface area contributed by atoms with Crippen LogP contribution in [0, 0.1) is 11.8 Å². The van der Waals surface area contributed by atoms with E-state index in [1.165, 1.54) is 225 Å². The average molecular weight is 934 g/mol. The first kappa shape index (κ1) is 64.4. The lowest BCUT2D eigenvalue weighted by Gasteiger charge is -2.18. The van der Waals surface area contributed by atoms with E-state index in [1.807, 2.05) is 0 Å². The smallest absolute Gasteiger partial charge is 0.306 e. The summed E-state index contributed by atoms with van der Waals surface area (Å²) in [5, 5.41) is 0. The number of hydrogen-bond acceptors (Lipinski definition) is 6. The van der Waals surface area contributed by atoms with Crippen molar-refractivity contribution in [3.8, 4) is 0 Å². The minimum absolute atomic E-state index is 0.0628. The maximum Gasteiger partial charge on any atom is 0.306 e. The van der Waals surface area contributed by atoms with Crippen LogP contribution in [-0.2, 0) is 28.6 Å². The second kappa shape index (κ2) is 52.8. The summed E-state index contributed by atoms with van der Waals surface area (Å²) in [4.78, 5) is 38.1. The molecule has 0 bridgehead atoms. The summed E-state index contributed by atoms with van der Waals surface area (Å²) in [7, 11) is 0. The zero-order valence-corrected chi connectivity index (χ0v) is 45.3. The van der Waals surface area contributed by atoms with E-state index < -0.39 is 6.10 Å². The van der Waals surface area contributed by atoms with Gasteiger partial charge >= 0.3 is 17.9 Å². The summed E-state index contributed by atoms with van der Waals surface area (Å²) >= 11 is 0. The highest BCUT2D eigenvalue weighted by molar-refractivity contribution is 5.71. The van der Waals surface area contributed by atoms with Gasteiger partial charge in [0.25, 0.3) is 0 Å². The zero-order chi connectivity index (χ0) is 48.2. The Hall–Kier alpha value is -1.59. The molecule has 6 heteroatoms. The molecular formula is C60H116O6. The molecule has 0 aliphatic rings. The van der Waals surface area contributed by atoms with Gasteiger partial charge in [-0.25, -0.2) is 0 Å². The first-order valence-electron chi connectivity index (χ1n) is 29.7. The highest BCUT2D eigenvalue weighted by Crippen LogP contribution is 2.18. The Morgan fingerprint density at radius 2 is 0.500 bits per heavy atom. The van der Waals surface area contributed by atoms with E-state index in [0.29, 0.717) is 19.3 Å². The lowest BCUT2D eigenvalue weighted by atomic mass is 10.0. The SMILES string of the molecule is CCCCCCCCCCCCCCCCCCC(=O)O[C@@H](COC(=O)CCCCCCCCCCCCCCCCCCCCC(C)C)COC(=O)CCCCCCCCCCC(C)C. The van der Waals surface area contributed by atoms with Gasteiger partial charge in [-0.1, -0.05) is 298 Å². The van der Waals surface area contributed by atoms with E-state index in [2.05, 4.69) is 34.6 Å². The molecule has 0 unspecified atom stereocenters. The van der Waals surface area contributed by atoms with Gasteiger partial charge in [0.15, 0.2) is 6.10 Å². The molecule has 0 N–H and O–H groups in total. The van der Waals surface area contributed by atoms with Crippen LogP contribution in [0.15, 0.2) is 0 Å². The van der Waals surface area contributed by atoms with Crippen LogP contribution in [-0.4, -0.2) is 37.2 Å². The Morgan fingerprint density at radius 1 is 0.288 bits per heavy atom. The standard InChI is InChI=1S/C60H116O6/c1-6-7-8-9-10-11-12-13-14-20-24-27-30-37-42-47-52-60(63)66-57(54-65-59(62)51-46-41-36-32-31-34-39-44-49-56(4)5)53-64-58(61)50-45-40-35-29-26-23-21-18-16-15-17-19-22-25-28-33-38-43-48-55(2)3/h55-57H,6-54H2,1-5H3/t57-/m0/s1. The largest absolute Gasteiger partial charge is 0.462 e. The minimum Gasteiger partial charge on any atom is -0.462 e. The molecule has 0 aromatic carbocycles. The predicted octanol–water partition coefficient (Wildman–Crippen LogP) is 19.7. The molecule has 0 amide bonds. The third-order valence-corrected chi connectivity index (χ3v) is 13.7. The predicted molar refractivity (Wildman–Crippen MR) is 284 cm³/mol. The summed E-state index contributed by atoms with van der Waals surface area (Å²) in [6.07, 6.45) is 56.8. The van der Waals surface area contributed by atoms with Crippen LogP contribution in [0.3, 0.4) is 0 Å². The number of carbonyl (C=O) groups excluding carboxylic acids is 3. The number of ether oxygens (including phenoxy) is 3. The Bertz CT molecular complexity index is 1010. The fourth-order valence-corrected chi connectivity index (χ4v) is 9.23. The molecule has 0 saturated carbocycles. The summed E-state index contributed by atoms with van der Waals surface area (Å²) in [6, 6.07) is 0. The highest BCUT2D eigenvalue weighted by Gasteiger charge is 2.19. The number of unbranched alkanes of at least 4 members (excludes halogenated alkanes) is 39. The van der Waals surface area contributed by atoms with Crippen molar-refractivity contribution >= 4 is 17.9 Å². The van der Waals surface area contributed by atoms with Crippen molar-refractivity contribution in [2.45, 2.75) is 343 Å². The van der Waals surface area contributed by atoms with Crippen molar-refractivity contribution in [3.63, 3.8) is 0 Å². The van der Waals surface area contributed by atoms with Crippen LogP contribution in [0.2, 0.25) is 0 Å². The Balaban J connectivity index is 4.22. The molecule has 0 saturated heterocycles. The van der Waals surface area contributed by atoms with Gasteiger partial charge in [-0.2, -0.15) is 0 Å².